The van der Waals surface area contributed by atoms with Crippen molar-refractivity contribution in [3.05, 3.63) is 29.8 Å². The Morgan fingerprint density at radius 3 is 1.94 bits per heavy atom. The number of nitrogens with two attached hydrogens (primary N) is 1. The molecule has 16 heavy (non-hydrogen) atoms. The number of hydrogen-bond donors (Lipinski definition) is 1. The average molecular weight is 241 g/mol. The number of halogens is 5. The fourth-order valence-electron chi connectivity index (χ4n) is 1.05. The molecular formula is C9H8F5NO. The molecule has 90 valence electrons. The van der Waals surface area contributed by atoms with Crippen LogP contribution in [0.15, 0.2) is 24.3 Å². The Balaban J connectivity index is 2.79. The molecule has 7 heteroatoms. The van der Waals surface area contributed by atoms with E-state index in [1.165, 1.54) is 0 Å². The van der Waals surface area contributed by atoms with E-state index in [1.54, 1.807) is 0 Å². The average Bonchev–Trinajstić information content (AvgIpc) is 2.15. The third kappa shape index (κ3) is 3.34. The minimum absolute atomic E-state index is 0.214. The minimum Gasteiger partial charge on any atom is -0.435 e. The molecule has 0 aliphatic heterocycles. The number of benzene rings is 1. The number of rotatable bonds is 3. The van der Waals surface area contributed by atoms with Crippen LogP contribution in [0.3, 0.4) is 0 Å². The van der Waals surface area contributed by atoms with Gasteiger partial charge in [-0.25, -0.2) is 0 Å². The highest BCUT2D eigenvalue weighted by atomic mass is 19.4. The van der Waals surface area contributed by atoms with Crippen LogP contribution in [-0.4, -0.2) is 12.8 Å². The van der Waals surface area contributed by atoms with E-state index in [-0.39, 0.29) is 11.3 Å². The highest BCUT2D eigenvalue weighted by Gasteiger charge is 2.37. The molecule has 0 bridgehead atoms. The van der Waals surface area contributed by atoms with E-state index in [9.17, 15) is 22.0 Å². The van der Waals surface area contributed by atoms with Gasteiger partial charge in [0.15, 0.2) is 0 Å². The van der Waals surface area contributed by atoms with Crippen LogP contribution in [-0.2, 0) is 0 Å². The van der Waals surface area contributed by atoms with Crippen LogP contribution in [0.25, 0.3) is 0 Å². The van der Waals surface area contributed by atoms with Crippen molar-refractivity contribution in [2.45, 2.75) is 18.8 Å². The predicted octanol–water partition coefficient (Wildman–Crippen LogP) is 2.85. The van der Waals surface area contributed by atoms with Gasteiger partial charge in [-0.3, -0.25) is 0 Å². The summed E-state index contributed by atoms with van der Waals surface area (Å²) in [5.41, 5.74) is 4.70. The molecule has 1 aromatic rings. The lowest BCUT2D eigenvalue weighted by atomic mass is 10.1. The summed E-state index contributed by atoms with van der Waals surface area (Å²) in [6.07, 6.45) is -4.56. The summed E-state index contributed by atoms with van der Waals surface area (Å²) in [4.78, 5) is 0. The molecule has 2 nitrogen and oxygen atoms in total. The first-order valence-corrected chi connectivity index (χ1v) is 4.18. The normalized spacial score (nSPS) is 13.9. The Hall–Kier alpha value is -1.37. The van der Waals surface area contributed by atoms with E-state index in [0.717, 1.165) is 24.3 Å². The monoisotopic (exact) mass is 241 g/mol. The van der Waals surface area contributed by atoms with Crippen LogP contribution in [0.4, 0.5) is 22.0 Å². The molecule has 1 atom stereocenters. The van der Waals surface area contributed by atoms with Crippen LogP contribution in [0.5, 0.6) is 5.75 Å². The topological polar surface area (TPSA) is 35.2 Å². The van der Waals surface area contributed by atoms with E-state index in [4.69, 9.17) is 5.73 Å². The maximum atomic E-state index is 12.2. The molecule has 0 radical (unpaired) electrons. The zero-order chi connectivity index (χ0) is 12.3. The quantitative estimate of drug-likeness (QED) is 0.826. The van der Waals surface area contributed by atoms with Crippen molar-refractivity contribution in [3.8, 4) is 5.75 Å². The van der Waals surface area contributed by atoms with Gasteiger partial charge in [0.25, 0.3) is 0 Å². The van der Waals surface area contributed by atoms with Gasteiger partial charge in [-0.1, -0.05) is 12.1 Å². The van der Waals surface area contributed by atoms with Gasteiger partial charge in [0.1, 0.15) is 11.8 Å². The molecule has 1 aromatic carbocycles. The van der Waals surface area contributed by atoms with Gasteiger partial charge in [-0.2, -0.15) is 22.0 Å². The van der Waals surface area contributed by atoms with E-state index in [2.05, 4.69) is 4.74 Å². The molecule has 2 N–H and O–H groups in total. The summed E-state index contributed by atoms with van der Waals surface area (Å²) in [5.74, 6) is -0.215. The summed E-state index contributed by atoms with van der Waals surface area (Å²) in [7, 11) is 0. The fourth-order valence-corrected chi connectivity index (χ4v) is 1.05. The molecule has 1 unspecified atom stereocenters. The maximum absolute atomic E-state index is 12.2. The zero-order valence-electron chi connectivity index (χ0n) is 7.84. The lowest BCUT2D eigenvalue weighted by molar-refractivity contribution is -0.149. The number of ether oxygens (including phenoxy) is 1. The zero-order valence-corrected chi connectivity index (χ0v) is 7.84. The second-order valence-electron chi connectivity index (χ2n) is 2.97. The summed E-state index contributed by atoms with van der Waals surface area (Å²) >= 11 is 0. The minimum atomic E-state index is -4.56. The molecule has 0 fully saturated rings. The van der Waals surface area contributed by atoms with Gasteiger partial charge < -0.3 is 10.5 Å². The van der Waals surface area contributed by atoms with Crippen LogP contribution in [0.1, 0.15) is 11.6 Å². The van der Waals surface area contributed by atoms with Crippen molar-refractivity contribution in [3.63, 3.8) is 0 Å². The number of alkyl halides is 5. The lowest BCUT2D eigenvalue weighted by Gasteiger charge is -2.16. The summed E-state index contributed by atoms with van der Waals surface area (Å²) in [5, 5.41) is 0. The summed E-state index contributed by atoms with van der Waals surface area (Å²) < 4.78 is 64.0. The van der Waals surface area contributed by atoms with Gasteiger partial charge in [-0.15, -0.1) is 0 Å². The van der Waals surface area contributed by atoms with Gasteiger partial charge in [-0.05, 0) is 17.7 Å². The largest absolute Gasteiger partial charge is 0.435 e. The highest BCUT2D eigenvalue weighted by Crippen LogP contribution is 2.31. The Morgan fingerprint density at radius 2 is 1.56 bits per heavy atom. The SMILES string of the molecule is NC(c1ccc(OC(F)F)cc1)C(F)(F)F. The molecule has 0 saturated heterocycles. The lowest BCUT2D eigenvalue weighted by Crippen LogP contribution is -2.28. The molecule has 0 aliphatic carbocycles. The Kier molecular flexibility index (Phi) is 3.69. The molecule has 0 aromatic heterocycles. The van der Waals surface area contributed by atoms with Crippen molar-refractivity contribution >= 4 is 0 Å². The Morgan fingerprint density at radius 1 is 1.06 bits per heavy atom. The van der Waals surface area contributed by atoms with E-state index >= 15 is 0 Å². The number of hydrogen-bond acceptors (Lipinski definition) is 2. The third-order valence-corrected chi connectivity index (χ3v) is 1.82. The summed E-state index contributed by atoms with van der Waals surface area (Å²) in [6, 6.07) is 1.87. The van der Waals surface area contributed by atoms with Crippen LogP contribution >= 0.6 is 0 Å². The molecule has 1 rings (SSSR count). The second kappa shape index (κ2) is 4.65. The van der Waals surface area contributed by atoms with E-state index in [0.29, 0.717) is 0 Å². The van der Waals surface area contributed by atoms with Gasteiger partial charge in [0, 0.05) is 0 Å². The second-order valence-corrected chi connectivity index (χ2v) is 2.97. The van der Waals surface area contributed by atoms with Gasteiger partial charge >= 0.3 is 12.8 Å². The van der Waals surface area contributed by atoms with Crippen LogP contribution < -0.4 is 10.5 Å². The maximum Gasteiger partial charge on any atom is 0.407 e. The van der Waals surface area contributed by atoms with Crippen LogP contribution in [0.2, 0.25) is 0 Å². The molecule has 0 aliphatic rings. The van der Waals surface area contributed by atoms with Crippen molar-refractivity contribution in [2.24, 2.45) is 5.73 Å². The highest BCUT2D eigenvalue weighted by molar-refractivity contribution is 5.29. The first-order chi connectivity index (χ1) is 7.30. The van der Waals surface area contributed by atoms with Crippen molar-refractivity contribution in [2.75, 3.05) is 0 Å². The smallest absolute Gasteiger partial charge is 0.407 e. The molecule has 0 saturated carbocycles. The molecule has 0 amide bonds. The molecule has 0 spiro atoms. The first kappa shape index (κ1) is 12.7. The fraction of sp³-hybridized carbons (Fsp3) is 0.333. The molecule has 0 heterocycles. The first-order valence-electron chi connectivity index (χ1n) is 4.18. The van der Waals surface area contributed by atoms with Crippen LogP contribution in [0, 0.1) is 0 Å². The Bertz CT molecular complexity index is 335. The predicted molar refractivity (Wildman–Crippen MR) is 46.1 cm³/mol. The van der Waals surface area contributed by atoms with Crippen molar-refractivity contribution in [1.82, 2.24) is 0 Å². The standard InChI is InChI=1S/C9H8F5NO/c10-8(11)16-6-3-1-5(2-4-6)7(15)9(12,13)14/h1-4,7-8H,15H2. The third-order valence-electron chi connectivity index (χ3n) is 1.82. The molecular weight excluding hydrogens is 233 g/mol. The van der Waals surface area contributed by atoms with E-state index in [1.807, 2.05) is 0 Å². The van der Waals surface area contributed by atoms with Crippen molar-refractivity contribution < 1.29 is 26.7 Å². The van der Waals surface area contributed by atoms with E-state index < -0.39 is 18.8 Å². The van der Waals surface area contributed by atoms with Gasteiger partial charge in [0.05, 0.1) is 0 Å². The Labute approximate surface area is 87.8 Å². The summed E-state index contributed by atoms with van der Waals surface area (Å²) in [6.45, 7) is -3.01. The van der Waals surface area contributed by atoms with Crippen molar-refractivity contribution in [1.29, 1.82) is 0 Å². The van der Waals surface area contributed by atoms with Gasteiger partial charge in [0.2, 0.25) is 0 Å².